The molecule has 4 saturated heterocycles. The highest BCUT2D eigenvalue weighted by atomic mass is 16.2. The van der Waals surface area contributed by atoms with Gasteiger partial charge in [-0.2, -0.15) is 0 Å². The maximum atomic E-state index is 15.2. The molecule has 6 heterocycles. The fraction of sp³-hybridized carbons (Fsp3) is 0.575. The van der Waals surface area contributed by atoms with E-state index < -0.39 is 71.7 Å². The van der Waals surface area contributed by atoms with Crippen LogP contribution in [0.4, 0.5) is 0 Å². The number of benzene rings is 1. The maximum absolute atomic E-state index is 15.2. The molecule has 4 fully saturated rings. The van der Waals surface area contributed by atoms with Gasteiger partial charge in [0.2, 0.25) is 29.5 Å². The van der Waals surface area contributed by atoms with Crippen molar-refractivity contribution in [3.63, 3.8) is 0 Å². The molecule has 0 spiro atoms. The summed E-state index contributed by atoms with van der Waals surface area (Å²) in [6, 6.07) is 1.62. The molecule has 7 unspecified atom stereocenters. The van der Waals surface area contributed by atoms with Gasteiger partial charge in [0.25, 0.3) is 5.91 Å². The highest BCUT2D eigenvalue weighted by molar-refractivity contribution is 6.06. The molecule has 0 radical (unpaired) electrons. The number of fused-ring (bicyclic) bond motifs is 3. The summed E-state index contributed by atoms with van der Waals surface area (Å²) in [6.07, 6.45) is 10.1. The van der Waals surface area contributed by atoms with Crippen molar-refractivity contribution < 1.29 is 28.8 Å². The van der Waals surface area contributed by atoms with Gasteiger partial charge in [0, 0.05) is 54.9 Å². The Balaban J connectivity index is 1.34. The van der Waals surface area contributed by atoms with Crippen molar-refractivity contribution in [1.29, 1.82) is 0 Å². The van der Waals surface area contributed by atoms with E-state index in [-0.39, 0.29) is 31.8 Å². The lowest BCUT2D eigenvalue weighted by Crippen LogP contribution is -2.65. The molecule has 6 amide bonds. The van der Waals surface area contributed by atoms with E-state index in [9.17, 15) is 19.2 Å². The molecule has 3 aromatic rings. The lowest BCUT2D eigenvalue weighted by molar-refractivity contribution is -0.163. The number of para-hydroxylation sites is 1. The fourth-order valence-electron chi connectivity index (χ4n) is 8.76. The van der Waals surface area contributed by atoms with Gasteiger partial charge in [0.15, 0.2) is 0 Å². The number of aromatic nitrogens is 3. The van der Waals surface area contributed by atoms with Crippen molar-refractivity contribution in [2.24, 2.45) is 5.92 Å². The van der Waals surface area contributed by atoms with Crippen LogP contribution in [-0.2, 0) is 41.6 Å². The topological polar surface area (TPSA) is 193 Å². The molecule has 7 atom stereocenters. The lowest BCUT2D eigenvalue weighted by atomic mass is 9.92. The SMILES string of the molecule is CCC(C)C1NC(=O)C(Cc2c[nH]c3ccccc23)NC(=O)C2CCCN2C(=O)C(Cc2cnc[nH]2)N(C(=O)C2CCCCN2)C(=O)C2CCCCN2C1=O. The van der Waals surface area contributed by atoms with E-state index in [1.807, 2.05) is 44.3 Å². The number of hydrogen-bond donors (Lipinski definition) is 5. The summed E-state index contributed by atoms with van der Waals surface area (Å²) < 4.78 is 0. The highest BCUT2D eigenvalue weighted by Crippen LogP contribution is 2.29. The number of nitrogens with zero attached hydrogens (tertiary/aromatic N) is 4. The average molecular weight is 756 g/mol. The van der Waals surface area contributed by atoms with Crippen LogP contribution in [0.15, 0.2) is 43.0 Å². The number of imidazole rings is 1. The Kier molecular flexibility index (Phi) is 11.6. The number of piperidine rings is 2. The maximum Gasteiger partial charge on any atom is 0.252 e. The Morgan fingerprint density at radius 3 is 2.36 bits per heavy atom. The van der Waals surface area contributed by atoms with Crippen LogP contribution in [0.1, 0.15) is 82.9 Å². The van der Waals surface area contributed by atoms with E-state index in [2.05, 4.69) is 30.9 Å². The second-order valence-electron chi connectivity index (χ2n) is 15.6. The van der Waals surface area contributed by atoms with Crippen molar-refractivity contribution >= 4 is 46.3 Å². The molecule has 0 aliphatic carbocycles. The molecule has 0 bridgehead atoms. The van der Waals surface area contributed by atoms with Crippen molar-refractivity contribution in [3.05, 3.63) is 54.2 Å². The minimum Gasteiger partial charge on any atom is -0.361 e. The first-order valence-electron chi connectivity index (χ1n) is 20.0. The third-order valence-corrected chi connectivity index (χ3v) is 12.1. The van der Waals surface area contributed by atoms with Crippen molar-refractivity contribution in [1.82, 2.24) is 45.6 Å². The van der Waals surface area contributed by atoms with E-state index >= 15 is 9.59 Å². The lowest BCUT2D eigenvalue weighted by Gasteiger charge is -2.42. The van der Waals surface area contributed by atoms with Crippen LogP contribution in [0.5, 0.6) is 0 Å². The minimum atomic E-state index is -1.31. The smallest absolute Gasteiger partial charge is 0.252 e. The summed E-state index contributed by atoms with van der Waals surface area (Å²) in [6.45, 7) is 4.89. The number of hydrogen-bond acceptors (Lipinski definition) is 8. The fourth-order valence-corrected chi connectivity index (χ4v) is 8.76. The summed E-state index contributed by atoms with van der Waals surface area (Å²) >= 11 is 0. The third kappa shape index (κ3) is 7.89. The Hall–Kier alpha value is -5.05. The first-order chi connectivity index (χ1) is 26.7. The van der Waals surface area contributed by atoms with Gasteiger partial charge in [-0.25, -0.2) is 4.98 Å². The number of amides is 6. The number of carbonyl (C=O) groups excluding carboxylic acids is 6. The standard InChI is InChI=1S/C40H53N9O6/c1-3-24(2)34-40(55)48-17-9-7-14-32(48)39(54)49(37(52)29-13-6-8-16-42-29)33(20-26-22-41-23-44-26)38(53)47-18-10-15-31(47)36(51)45-30(35(50)46-34)19-25-21-43-28-12-5-4-11-27(25)28/h4-5,11-12,21-24,29-34,42-43H,3,6-10,13-20H2,1-2H3,(H,41,44)(H,45,51)(H,46,50). The highest BCUT2D eigenvalue weighted by Gasteiger charge is 2.49. The molecular formula is C40H53N9O6. The molecule has 4 aliphatic rings. The molecule has 294 valence electrons. The predicted octanol–water partition coefficient (Wildman–Crippen LogP) is 1.94. The van der Waals surface area contributed by atoms with Crippen LogP contribution >= 0.6 is 0 Å². The number of rotatable bonds is 7. The minimum absolute atomic E-state index is 0.0484. The molecule has 2 aromatic heterocycles. The molecule has 7 rings (SSSR count). The first kappa shape index (κ1) is 38.2. The Morgan fingerprint density at radius 1 is 0.836 bits per heavy atom. The van der Waals surface area contributed by atoms with Gasteiger partial charge in [-0.1, -0.05) is 44.9 Å². The zero-order chi connectivity index (χ0) is 38.6. The Morgan fingerprint density at radius 2 is 1.60 bits per heavy atom. The average Bonchev–Trinajstić information content (AvgIpc) is 4.01. The summed E-state index contributed by atoms with van der Waals surface area (Å²) in [5.74, 6) is -3.46. The van der Waals surface area contributed by atoms with Crippen LogP contribution < -0.4 is 16.0 Å². The van der Waals surface area contributed by atoms with Crippen LogP contribution in [0, 0.1) is 5.92 Å². The van der Waals surface area contributed by atoms with Gasteiger partial charge >= 0.3 is 0 Å². The van der Waals surface area contributed by atoms with Gasteiger partial charge in [-0.3, -0.25) is 33.7 Å². The van der Waals surface area contributed by atoms with Crippen molar-refractivity contribution in [2.45, 2.75) is 121 Å². The summed E-state index contributed by atoms with van der Waals surface area (Å²) in [5, 5.41) is 10.2. The van der Waals surface area contributed by atoms with Crippen molar-refractivity contribution in [2.75, 3.05) is 19.6 Å². The quantitative estimate of drug-likeness (QED) is 0.226. The number of nitrogens with one attached hydrogen (secondary N) is 5. The number of aromatic amines is 2. The number of H-pyrrole nitrogens is 2. The van der Waals surface area contributed by atoms with E-state index in [0.29, 0.717) is 57.2 Å². The van der Waals surface area contributed by atoms with Gasteiger partial charge < -0.3 is 35.7 Å². The van der Waals surface area contributed by atoms with E-state index in [4.69, 9.17) is 0 Å². The monoisotopic (exact) mass is 755 g/mol. The van der Waals surface area contributed by atoms with E-state index in [1.165, 1.54) is 16.1 Å². The Bertz CT molecular complexity index is 1890. The number of carbonyl (C=O) groups is 6. The zero-order valence-electron chi connectivity index (χ0n) is 31.7. The summed E-state index contributed by atoms with van der Waals surface area (Å²) in [4.78, 5) is 103. The van der Waals surface area contributed by atoms with Gasteiger partial charge in [0.05, 0.1) is 12.4 Å². The molecule has 15 heteroatoms. The van der Waals surface area contributed by atoms with E-state index in [1.54, 1.807) is 6.20 Å². The molecule has 1 aromatic carbocycles. The second kappa shape index (κ2) is 16.8. The summed E-state index contributed by atoms with van der Waals surface area (Å²) in [5.41, 5.74) is 2.24. The summed E-state index contributed by atoms with van der Waals surface area (Å²) in [7, 11) is 0. The normalized spacial score (nSPS) is 27.9. The largest absolute Gasteiger partial charge is 0.361 e. The molecule has 0 saturated carbocycles. The molecule has 4 aliphatic heterocycles. The Labute approximate surface area is 320 Å². The molecule has 15 nitrogen and oxygen atoms in total. The number of imide groups is 1. The molecule has 5 N–H and O–H groups in total. The van der Waals surface area contributed by atoms with Crippen LogP contribution in [0.3, 0.4) is 0 Å². The van der Waals surface area contributed by atoms with Crippen LogP contribution in [0.2, 0.25) is 0 Å². The first-order valence-corrected chi connectivity index (χ1v) is 20.0. The van der Waals surface area contributed by atoms with Gasteiger partial charge in [0.1, 0.15) is 30.2 Å². The van der Waals surface area contributed by atoms with Crippen molar-refractivity contribution in [3.8, 4) is 0 Å². The van der Waals surface area contributed by atoms with Crippen LogP contribution in [-0.4, -0.2) is 121 Å². The predicted molar refractivity (Wildman–Crippen MR) is 203 cm³/mol. The third-order valence-electron chi connectivity index (χ3n) is 12.1. The zero-order valence-corrected chi connectivity index (χ0v) is 31.7. The van der Waals surface area contributed by atoms with Gasteiger partial charge in [-0.05, 0) is 69.0 Å². The molecule has 55 heavy (non-hydrogen) atoms. The van der Waals surface area contributed by atoms with Crippen LogP contribution in [0.25, 0.3) is 10.9 Å². The molecular weight excluding hydrogens is 702 g/mol. The van der Waals surface area contributed by atoms with Gasteiger partial charge in [-0.15, -0.1) is 0 Å². The van der Waals surface area contributed by atoms with E-state index in [0.717, 1.165) is 34.2 Å². The second-order valence-corrected chi connectivity index (χ2v) is 15.6.